The monoisotopic (exact) mass is 400 g/mol. The Morgan fingerprint density at radius 3 is 2.63 bits per heavy atom. The third-order valence-electron chi connectivity index (χ3n) is 3.85. The van der Waals surface area contributed by atoms with E-state index in [4.69, 9.17) is 19.2 Å². The molecule has 1 aromatic rings. The maximum Gasteiger partial charge on any atom is 0.264 e. The predicted octanol–water partition coefficient (Wildman–Crippen LogP) is 0.172. The smallest absolute Gasteiger partial charge is 0.264 e. The predicted molar refractivity (Wildman–Crippen MR) is 93.1 cm³/mol. The summed E-state index contributed by atoms with van der Waals surface area (Å²) in [5.41, 5.74) is 8.78. The average molecular weight is 400 g/mol. The largest absolute Gasteiger partial charge is 0.388 e. The van der Waals surface area contributed by atoms with Crippen molar-refractivity contribution in [2.45, 2.75) is 30.6 Å². The number of carbonyl (C=O) groups excluding carboxylic acids is 1. The number of nitrogens with one attached hydrogen (secondary N) is 1. The van der Waals surface area contributed by atoms with Crippen LogP contribution in [-0.2, 0) is 23.8 Å². The van der Waals surface area contributed by atoms with Crippen molar-refractivity contribution in [3.8, 4) is 0 Å². The molecule has 1 aromatic carbocycles. The molecule has 148 valence electrons. The molecule has 0 unspecified atom stereocenters. The Balaban J connectivity index is 2.31. The Kier molecular flexibility index (Phi) is 7.13. The quantitative estimate of drug-likeness (QED) is 0.285. The molecule has 1 heterocycles. The van der Waals surface area contributed by atoms with Gasteiger partial charge in [-0.05, 0) is 17.7 Å². The highest BCUT2D eigenvalue weighted by Crippen LogP contribution is 2.26. The fourth-order valence-corrected chi connectivity index (χ4v) is 3.32. The first-order valence-corrected chi connectivity index (χ1v) is 9.70. The van der Waals surface area contributed by atoms with Gasteiger partial charge in [0.25, 0.3) is 16.0 Å². The first kappa shape index (κ1) is 21.1. The summed E-state index contributed by atoms with van der Waals surface area (Å²) in [5, 5.41) is 16.4. The molecule has 0 saturated carbocycles. The summed E-state index contributed by atoms with van der Waals surface area (Å²) in [4.78, 5) is 15.1. The number of rotatable bonds is 7. The molecule has 5 atom stereocenters. The average Bonchev–Trinajstić information content (AvgIpc) is 2.63. The second-order valence-electron chi connectivity index (χ2n) is 5.81. The number of ether oxygens (including phenoxy) is 2. The number of carbonyl (C=O) groups is 1. The third kappa shape index (κ3) is 5.63. The number of aliphatic hydroxyl groups is 1. The molecule has 1 amide bonds. The first-order valence-electron chi connectivity index (χ1n) is 7.88. The minimum atomic E-state index is -3.99. The van der Waals surface area contributed by atoms with Gasteiger partial charge in [-0.2, -0.15) is 8.42 Å². The van der Waals surface area contributed by atoms with Crippen molar-refractivity contribution in [3.63, 3.8) is 0 Å². The summed E-state index contributed by atoms with van der Waals surface area (Å²) in [5.74, 6) is -0.533. The molecule has 1 fully saturated rings. The van der Waals surface area contributed by atoms with Crippen LogP contribution in [0.5, 0.6) is 0 Å². The fourth-order valence-electron chi connectivity index (χ4n) is 2.68. The highest BCUT2D eigenvalue weighted by atomic mass is 32.2. The van der Waals surface area contributed by atoms with Crippen molar-refractivity contribution >= 4 is 16.0 Å². The summed E-state index contributed by atoms with van der Waals surface area (Å²) in [6.07, 6.45) is -4.33. The maximum absolute atomic E-state index is 12.5. The van der Waals surface area contributed by atoms with Gasteiger partial charge in [0.2, 0.25) is 0 Å². The number of hydrogen-bond donors (Lipinski definition) is 2. The van der Waals surface area contributed by atoms with Gasteiger partial charge < -0.3 is 19.9 Å². The van der Waals surface area contributed by atoms with Crippen LogP contribution in [0.1, 0.15) is 10.4 Å². The van der Waals surface area contributed by atoms with Crippen LogP contribution in [0, 0.1) is 0 Å². The van der Waals surface area contributed by atoms with Crippen LogP contribution in [0.3, 0.4) is 0 Å². The molecule has 1 saturated heterocycles. The lowest BCUT2D eigenvalue weighted by molar-refractivity contribution is -0.247. The van der Waals surface area contributed by atoms with Crippen LogP contribution in [0.2, 0.25) is 0 Å². The van der Waals surface area contributed by atoms with Crippen LogP contribution in [0.4, 0.5) is 0 Å². The minimum Gasteiger partial charge on any atom is -0.388 e. The Hall–Kier alpha value is -2.21. The van der Waals surface area contributed by atoms with Gasteiger partial charge in [-0.1, -0.05) is 23.3 Å². The lowest BCUT2D eigenvalue weighted by Gasteiger charge is -2.43. The standard InChI is InChI=1S/C15H20N4O7S/c1-24-15-11(18-14(21)9-6-4-3-5-7-9)13(26-27(2,22)23)12(20)10(25-15)8-17-19-16/h3-7,10-13,15,20H,8H2,1-2H3,(H,18,21)/t10-,11-,12+,13-,15-/m1/s1. The Morgan fingerprint density at radius 1 is 1.41 bits per heavy atom. The molecule has 1 aliphatic rings. The lowest BCUT2D eigenvalue weighted by atomic mass is 9.96. The summed E-state index contributed by atoms with van der Waals surface area (Å²) in [6, 6.07) is 7.04. The van der Waals surface area contributed by atoms with E-state index in [9.17, 15) is 18.3 Å². The number of benzene rings is 1. The SMILES string of the molecule is CO[C@@H]1O[C@H](CN=[N+]=[N-])[C@H](O)[C@H](OS(C)(=O)=O)[C@H]1NC(=O)c1ccccc1. The van der Waals surface area contributed by atoms with Gasteiger partial charge in [0.15, 0.2) is 6.29 Å². The van der Waals surface area contributed by atoms with E-state index in [1.54, 1.807) is 30.3 Å². The molecule has 0 aliphatic carbocycles. The molecular weight excluding hydrogens is 380 g/mol. The van der Waals surface area contributed by atoms with Crippen molar-refractivity contribution in [1.29, 1.82) is 0 Å². The number of azide groups is 1. The van der Waals surface area contributed by atoms with E-state index in [1.807, 2.05) is 0 Å². The normalized spacial score (nSPS) is 28.2. The molecule has 0 aromatic heterocycles. The molecule has 27 heavy (non-hydrogen) atoms. The zero-order valence-corrected chi connectivity index (χ0v) is 15.4. The van der Waals surface area contributed by atoms with Crippen LogP contribution < -0.4 is 5.32 Å². The van der Waals surface area contributed by atoms with Crippen LogP contribution in [0.15, 0.2) is 35.4 Å². The lowest BCUT2D eigenvalue weighted by Crippen LogP contribution is -2.65. The molecule has 1 aliphatic heterocycles. The van der Waals surface area contributed by atoms with Gasteiger partial charge in [-0.25, -0.2) is 0 Å². The molecule has 12 heteroatoms. The molecule has 2 N–H and O–H groups in total. The van der Waals surface area contributed by atoms with Gasteiger partial charge in [0.05, 0.1) is 18.9 Å². The minimum absolute atomic E-state index is 0.277. The van der Waals surface area contributed by atoms with Gasteiger partial charge in [-0.15, -0.1) is 0 Å². The van der Waals surface area contributed by atoms with E-state index in [0.717, 1.165) is 6.26 Å². The summed E-state index contributed by atoms with van der Waals surface area (Å²) in [7, 11) is -2.71. The number of methoxy groups -OCH3 is 1. The van der Waals surface area contributed by atoms with E-state index in [-0.39, 0.29) is 6.54 Å². The number of hydrogen-bond acceptors (Lipinski definition) is 8. The van der Waals surface area contributed by atoms with Crippen molar-refractivity contribution in [2.75, 3.05) is 19.9 Å². The highest BCUT2D eigenvalue weighted by molar-refractivity contribution is 7.86. The number of aliphatic hydroxyl groups excluding tert-OH is 1. The summed E-state index contributed by atoms with van der Waals surface area (Å²) >= 11 is 0. The zero-order valence-electron chi connectivity index (χ0n) is 14.6. The van der Waals surface area contributed by atoms with E-state index < -0.39 is 46.7 Å². The Bertz CT molecular complexity index is 798. The zero-order chi connectivity index (χ0) is 20.0. The number of amides is 1. The van der Waals surface area contributed by atoms with E-state index >= 15 is 0 Å². The molecular formula is C15H20N4O7S. The fraction of sp³-hybridized carbons (Fsp3) is 0.533. The van der Waals surface area contributed by atoms with Crippen LogP contribution in [-0.4, -0.2) is 70.0 Å². The molecule has 11 nitrogen and oxygen atoms in total. The number of nitrogens with zero attached hydrogens (tertiary/aromatic N) is 3. The first-order chi connectivity index (χ1) is 12.8. The summed E-state index contributed by atoms with van der Waals surface area (Å²) in [6.45, 7) is -0.277. The van der Waals surface area contributed by atoms with Crippen molar-refractivity contribution in [2.24, 2.45) is 5.11 Å². The van der Waals surface area contributed by atoms with Crippen molar-refractivity contribution in [1.82, 2.24) is 5.32 Å². The van der Waals surface area contributed by atoms with E-state index in [0.29, 0.717) is 5.56 Å². The van der Waals surface area contributed by atoms with Gasteiger partial charge in [0.1, 0.15) is 18.2 Å². The topological polar surface area (TPSA) is 160 Å². The highest BCUT2D eigenvalue weighted by Gasteiger charge is 2.48. The second kappa shape index (κ2) is 9.13. The van der Waals surface area contributed by atoms with Gasteiger partial charge in [-0.3, -0.25) is 8.98 Å². The van der Waals surface area contributed by atoms with Crippen LogP contribution >= 0.6 is 0 Å². The third-order valence-corrected chi connectivity index (χ3v) is 4.42. The second-order valence-corrected chi connectivity index (χ2v) is 7.41. The van der Waals surface area contributed by atoms with Gasteiger partial charge >= 0.3 is 0 Å². The van der Waals surface area contributed by atoms with Gasteiger partial charge in [0, 0.05) is 17.6 Å². The maximum atomic E-state index is 12.5. The Morgan fingerprint density at radius 2 is 2.07 bits per heavy atom. The van der Waals surface area contributed by atoms with E-state index in [1.165, 1.54) is 7.11 Å². The summed E-state index contributed by atoms with van der Waals surface area (Å²) < 4.78 is 39.0. The molecule has 0 radical (unpaired) electrons. The molecule has 0 bridgehead atoms. The van der Waals surface area contributed by atoms with Crippen LogP contribution in [0.25, 0.3) is 10.4 Å². The molecule has 0 spiro atoms. The van der Waals surface area contributed by atoms with E-state index in [2.05, 4.69) is 15.3 Å². The van der Waals surface area contributed by atoms with Crippen molar-refractivity contribution in [3.05, 3.63) is 46.3 Å². The Labute approximate surface area is 156 Å². The van der Waals surface area contributed by atoms with Crippen molar-refractivity contribution < 1.29 is 32.0 Å². The molecule has 2 rings (SSSR count).